The number of carbonyl (C=O) groups is 1. The van der Waals surface area contributed by atoms with Gasteiger partial charge in [0, 0.05) is 5.75 Å². The molecule has 1 amide bonds. The molecule has 24 heavy (non-hydrogen) atoms. The van der Waals surface area contributed by atoms with Gasteiger partial charge in [-0.2, -0.15) is 4.98 Å². The topological polar surface area (TPSA) is 79.9 Å². The summed E-state index contributed by atoms with van der Waals surface area (Å²) in [5.41, 5.74) is 1.19. The highest BCUT2D eigenvalue weighted by atomic mass is 32.2. The van der Waals surface area contributed by atoms with Crippen LogP contribution < -0.4 is 10.1 Å². The SMILES string of the molecule is O=C(COc1ccccc1)Nc1nc(SCc2ccccc2)n[nH]1. The zero-order valence-corrected chi connectivity index (χ0v) is 13.6. The normalized spacial score (nSPS) is 10.3. The Hall–Kier alpha value is -2.80. The monoisotopic (exact) mass is 340 g/mol. The molecule has 0 atom stereocenters. The van der Waals surface area contributed by atoms with Gasteiger partial charge in [-0.25, -0.2) is 5.10 Å². The largest absolute Gasteiger partial charge is 0.484 e. The van der Waals surface area contributed by atoms with Crippen molar-refractivity contribution in [1.82, 2.24) is 15.2 Å². The molecule has 3 aromatic rings. The zero-order valence-electron chi connectivity index (χ0n) is 12.8. The number of hydrogen-bond donors (Lipinski definition) is 2. The molecule has 0 aliphatic rings. The van der Waals surface area contributed by atoms with Crippen molar-refractivity contribution in [3.63, 3.8) is 0 Å². The predicted octanol–water partition coefficient (Wildman–Crippen LogP) is 3.11. The first-order valence-corrected chi connectivity index (χ1v) is 8.35. The minimum atomic E-state index is -0.297. The van der Waals surface area contributed by atoms with Gasteiger partial charge in [0.25, 0.3) is 5.91 Å². The second-order valence-corrected chi connectivity index (χ2v) is 5.83. The second-order valence-electron chi connectivity index (χ2n) is 4.89. The number of H-pyrrole nitrogens is 1. The van der Waals surface area contributed by atoms with Crippen LogP contribution in [0.1, 0.15) is 5.56 Å². The van der Waals surface area contributed by atoms with Crippen molar-refractivity contribution in [1.29, 1.82) is 0 Å². The van der Waals surface area contributed by atoms with E-state index in [1.807, 2.05) is 48.5 Å². The van der Waals surface area contributed by atoms with Crippen LogP contribution >= 0.6 is 11.8 Å². The highest BCUT2D eigenvalue weighted by Crippen LogP contribution is 2.19. The van der Waals surface area contributed by atoms with Crippen LogP contribution in [0, 0.1) is 0 Å². The van der Waals surface area contributed by atoms with E-state index in [-0.39, 0.29) is 12.5 Å². The number of carbonyl (C=O) groups excluding carboxylic acids is 1. The third kappa shape index (κ3) is 4.85. The Morgan fingerprint density at radius 1 is 1.08 bits per heavy atom. The first-order valence-electron chi connectivity index (χ1n) is 7.36. The van der Waals surface area contributed by atoms with E-state index in [0.29, 0.717) is 16.9 Å². The average Bonchev–Trinajstić information content (AvgIpc) is 3.07. The van der Waals surface area contributed by atoms with Crippen molar-refractivity contribution in [2.45, 2.75) is 10.9 Å². The molecule has 3 rings (SSSR count). The van der Waals surface area contributed by atoms with Crippen molar-refractivity contribution < 1.29 is 9.53 Å². The fourth-order valence-electron chi connectivity index (χ4n) is 1.92. The van der Waals surface area contributed by atoms with Crippen molar-refractivity contribution in [3.8, 4) is 5.75 Å². The molecule has 1 heterocycles. The summed E-state index contributed by atoms with van der Waals surface area (Å²) in [4.78, 5) is 16.1. The second kappa shape index (κ2) is 8.16. The van der Waals surface area contributed by atoms with Gasteiger partial charge in [0.05, 0.1) is 0 Å². The molecule has 2 N–H and O–H groups in total. The molecular formula is C17H16N4O2S. The Balaban J connectivity index is 1.46. The van der Waals surface area contributed by atoms with E-state index in [1.165, 1.54) is 17.3 Å². The van der Waals surface area contributed by atoms with E-state index in [4.69, 9.17) is 4.74 Å². The summed E-state index contributed by atoms with van der Waals surface area (Å²) >= 11 is 1.50. The third-order valence-corrected chi connectivity index (χ3v) is 3.97. The smallest absolute Gasteiger partial charge is 0.264 e. The lowest BCUT2D eigenvalue weighted by Crippen LogP contribution is -2.20. The first kappa shape index (κ1) is 16.1. The van der Waals surface area contributed by atoms with Gasteiger partial charge in [0.1, 0.15) is 5.75 Å². The molecule has 0 aliphatic heterocycles. The number of rotatable bonds is 7. The number of nitrogens with one attached hydrogen (secondary N) is 2. The maximum Gasteiger partial charge on any atom is 0.264 e. The van der Waals surface area contributed by atoms with Gasteiger partial charge in [-0.05, 0) is 17.7 Å². The molecule has 6 nitrogen and oxygen atoms in total. The van der Waals surface area contributed by atoms with Crippen LogP contribution in [-0.4, -0.2) is 27.7 Å². The lowest BCUT2D eigenvalue weighted by molar-refractivity contribution is -0.118. The van der Waals surface area contributed by atoms with Gasteiger partial charge in [0.2, 0.25) is 11.1 Å². The summed E-state index contributed by atoms with van der Waals surface area (Å²) in [6.07, 6.45) is 0. The van der Waals surface area contributed by atoms with E-state index >= 15 is 0 Å². The highest BCUT2D eigenvalue weighted by molar-refractivity contribution is 7.98. The maximum atomic E-state index is 11.8. The number of aromatic amines is 1. The Labute approximate surface area is 143 Å². The highest BCUT2D eigenvalue weighted by Gasteiger charge is 2.08. The third-order valence-electron chi connectivity index (χ3n) is 3.05. The Bertz CT molecular complexity index is 778. The number of anilines is 1. The molecular weight excluding hydrogens is 324 g/mol. The molecule has 122 valence electrons. The molecule has 0 radical (unpaired) electrons. The van der Waals surface area contributed by atoms with Gasteiger partial charge in [-0.1, -0.05) is 60.3 Å². The van der Waals surface area contributed by atoms with Crippen molar-refractivity contribution in [3.05, 3.63) is 66.2 Å². The van der Waals surface area contributed by atoms with Crippen LogP contribution in [0.25, 0.3) is 0 Å². The van der Waals surface area contributed by atoms with E-state index in [2.05, 4.69) is 20.5 Å². The van der Waals surface area contributed by atoms with E-state index < -0.39 is 0 Å². The Morgan fingerprint density at radius 3 is 2.54 bits per heavy atom. The van der Waals surface area contributed by atoms with Crippen LogP contribution in [0.4, 0.5) is 5.95 Å². The van der Waals surface area contributed by atoms with Gasteiger partial charge in [-0.3, -0.25) is 10.1 Å². The quantitative estimate of drug-likeness (QED) is 0.646. The van der Waals surface area contributed by atoms with Crippen LogP contribution in [0.15, 0.2) is 65.8 Å². The summed E-state index contributed by atoms with van der Waals surface area (Å²) in [5, 5.41) is 9.98. The van der Waals surface area contributed by atoms with Gasteiger partial charge in [-0.15, -0.1) is 5.10 Å². The summed E-state index contributed by atoms with van der Waals surface area (Å²) in [6.45, 7) is -0.0861. The fourth-order valence-corrected chi connectivity index (χ4v) is 2.68. The molecule has 0 aliphatic carbocycles. The molecule has 0 saturated carbocycles. The molecule has 1 aromatic heterocycles. The van der Waals surface area contributed by atoms with Crippen molar-refractivity contribution in [2.24, 2.45) is 0 Å². The van der Waals surface area contributed by atoms with Gasteiger partial charge in [0.15, 0.2) is 6.61 Å². The molecule has 0 saturated heterocycles. The summed E-state index contributed by atoms with van der Waals surface area (Å²) in [6, 6.07) is 19.2. The van der Waals surface area contributed by atoms with Crippen molar-refractivity contribution in [2.75, 3.05) is 11.9 Å². The van der Waals surface area contributed by atoms with E-state index in [1.54, 1.807) is 12.1 Å². The lowest BCUT2D eigenvalue weighted by atomic mass is 10.2. The molecule has 0 unspecified atom stereocenters. The van der Waals surface area contributed by atoms with Crippen LogP contribution in [0.5, 0.6) is 5.75 Å². The van der Waals surface area contributed by atoms with E-state index in [0.717, 1.165) is 5.75 Å². The number of para-hydroxylation sites is 1. The maximum absolute atomic E-state index is 11.8. The number of hydrogen-bond acceptors (Lipinski definition) is 5. The number of nitrogens with zero attached hydrogens (tertiary/aromatic N) is 2. The number of aromatic nitrogens is 3. The van der Waals surface area contributed by atoms with Gasteiger partial charge >= 0.3 is 0 Å². The molecule has 0 bridgehead atoms. The van der Waals surface area contributed by atoms with E-state index in [9.17, 15) is 4.79 Å². The van der Waals surface area contributed by atoms with Crippen LogP contribution in [0.2, 0.25) is 0 Å². The minimum Gasteiger partial charge on any atom is -0.484 e. The lowest BCUT2D eigenvalue weighted by Gasteiger charge is -2.04. The minimum absolute atomic E-state index is 0.0861. The summed E-state index contributed by atoms with van der Waals surface area (Å²) in [5.74, 6) is 1.43. The average molecular weight is 340 g/mol. The summed E-state index contributed by atoms with van der Waals surface area (Å²) < 4.78 is 5.37. The molecule has 7 heteroatoms. The van der Waals surface area contributed by atoms with Crippen LogP contribution in [-0.2, 0) is 10.5 Å². The van der Waals surface area contributed by atoms with Crippen molar-refractivity contribution >= 4 is 23.6 Å². The molecule has 0 fully saturated rings. The predicted molar refractivity (Wildman–Crippen MR) is 93.0 cm³/mol. The number of amides is 1. The Kier molecular flexibility index (Phi) is 5.47. The van der Waals surface area contributed by atoms with Gasteiger partial charge < -0.3 is 4.74 Å². The summed E-state index contributed by atoms with van der Waals surface area (Å²) in [7, 11) is 0. The Morgan fingerprint density at radius 2 is 1.79 bits per heavy atom. The fraction of sp³-hybridized carbons (Fsp3) is 0.118. The first-order chi connectivity index (χ1) is 11.8. The standard InChI is InChI=1S/C17H16N4O2S/c22-15(11-23-14-9-5-2-6-10-14)18-16-19-17(21-20-16)24-12-13-7-3-1-4-8-13/h1-10H,11-12H2,(H2,18,19,20,21,22). The molecule has 2 aromatic carbocycles. The molecule has 0 spiro atoms. The number of thioether (sulfide) groups is 1. The number of benzene rings is 2. The zero-order chi connectivity index (χ0) is 16.6. The number of ether oxygens (including phenoxy) is 1. The van der Waals surface area contributed by atoms with Crippen LogP contribution in [0.3, 0.4) is 0 Å².